The largest absolute Gasteiger partial charge is 0.448 e. The number of hydrogen-bond acceptors (Lipinski definition) is 3. The first kappa shape index (κ1) is 17.7. The molecule has 0 bridgehead atoms. The van der Waals surface area contributed by atoms with Crippen LogP contribution in [-0.4, -0.2) is 5.78 Å². The number of Topliss-reactive ketones (excluding diaryl/α,β-unsaturated/α-hetero) is 1. The van der Waals surface area contributed by atoms with Crippen LogP contribution in [0.1, 0.15) is 37.8 Å². The number of benzene rings is 1. The number of carbonyl (C=O) groups excluding carboxylic acids is 1. The van der Waals surface area contributed by atoms with Crippen LogP contribution in [0, 0.1) is 17.7 Å². The third kappa shape index (κ3) is 3.34. The lowest BCUT2D eigenvalue weighted by atomic mass is 9.77. The zero-order valence-corrected chi connectivity index (χ0v) is 15.0. The predicted octanol–water partition coefficient (Wildman–Crippen LogP) is 5.01. The molecule has 1 aromatic carbocycles. The van der Waals surface area contributed by atoms with Gasteiger partial charge in [-0.2, -0.15) is 0 Å². The van der Waals surface area contributed by atoms with Crippen LogP contribution in [-0.2, 0) is 9.53 Å². The van der Waals surface area contributed by atoms with E-state index in [0.717, 1.165) is 24.8 Å². The summed E-state index contributed by atoms with van der Waals surface area (Å²) in [7, 11) is 0. The summed E-state index contributed by atoms with van der Waals surface area (Å²) in [4.78, 5) is 12.4. The molecular formula is C22H21F2NO2. The molecule has 1 N–H and O–H groups in total. The Bertz CT molecular complexity index is 893. The van der Waals surface area contributed by atoms with E-state index in [4.69, 9.17) is 4.74 Å². The van der Waals surface area contributed by atoms with E-state index in [9.17, 15) is 13.6 Å². The van der Waals surface area contributed by atoms with Crippen molar-refractivity contribution in [3.63, 3.8) is 0 Å². The summed E-state index contributed by atoms with van der Waals surface area (Å²) in [6.07, 6.45) is 9.29. The highest BCUT2D eigenvalue weighted by atomic mass is 19.1. The second-order valence-electron chi connectivity index (χ2n) is 7.24. The number of fused-ring (bicyclic) bond motifs is 1. The number of nitrogens with one attached hydrogen (secondary N) is 1. The van der Waals surface area contributed by atoms with Gasteiger partial charge in [0, 0.05) is 11.5 Å². The monoisotopic (exact) mass is 369 g/mol. The van der Waals surface area contributed by atoms with Crippen molar-refractivity contribution >= 4 is 5.78 Å². The van der Waals surface area contributed by atoms with Gasteiger partial charge in [-0.15, -0.1) is 0 Å². The Morgan fingerprint density at radius 2 is 2.11 bits per heavy atom. The molecule has 140 valence electrons. The van der Waals surface area contributed by atoms with Gasteiger partial charge in [-0.1, -0.05) is 30.7 Å². The zero-order chi connectivity index (χ0) is 19.0. The molecule has 1 fully saturated rings. The predicted molar refractivity (Wildman–Crippen MR) is 98.3 cm³/mol. The highest BCUT2D eigenvalue weighted by molar-refractivity contribution is 5.95. The molecule has 0 saturated heterocycles. The van der Waals surface area contributed by atoms with Crippen molar-refractivity contribution in [2.45, 2.75) is 32.2 Å². The molecule has 2 atom stereocenters. The summed E-state index contributed by atoms with van der Waals surface area (Å²) in [6, 6.07) is 6.32. The maximum absolute atomic E-state index is 14.1. The van der Waals surface area contributed by atoms with Crippen LogP contribution in [0.25, 0.3) is 0 Å². The second-order valence-corrected chi connectivity index (χ2v) is 7.24. The highest BCUT2D eigenvalue weighted by Crippen LogP contribution is 2.41. The highest BCUT2D eigenvalue weighted by Gasteiger charge is 2.35. The van der Waals surface area contributed by atoms with Gasteiger partial charge in [-0.3, -0.25) is 4.79 Å². The van der Waals surface area contributed by atoms with Crippen molar-refractivity contribution in [2.75, 3.05) is 0 Å². The van der Waals surface area contributed by atoms with Crippen LogP contribution in [0.4, 0.5) is 8.78 Å². The van der Waals surface area contributed by atoms with E-state index >= 15 is 0 Å². The van der Waals surface area contributed by atoms with Crippen LogP contribution in [0.5, 0.6) is 0 Å². The summed E-state index contributed by atoms with van der Waals surface area (Å²) >= 11 is 0. The topological polar surface area (TPSA) is 38.3 Å². The van der Waals surface area contributed by atoms with E-state index in [0.29, 0.717) is 22.9 Å². The Morgan fingerprint density at radius 3 is 2.78 bits per heavy atom. The van der Waals surface area contributed by atoms with E-state index in [1.165, 1.54) is 31.4 Å². The average Bonchev–Trinajstić information content (AvgIpc) is 2.59. The summed E-state index contributed by atoms with van der Waals surface area (Å²) in [5.74, 6) is -0.691. The van der Waals surface area contributed by atoms with Gasteiger partial charge in [0.2, 0.25) is 5.88 Å². The van der Waals surface area contributed by atoms with Crippen LogP contribution < -0.4 is 5.32 Å². The molecule has 0 spiro atoms. The molecule has 27 heavy (non-hydrogen) atoms. The van der Waals surface area contributed by atoms with E-state index in [1.807, 2.05) is 6.07 Å². The first-order chi connectivity index (χ1) is 13.0. The Labute approximate surface area is 157 Å². The van der Waals surface area contributed by atoms with Gasteiger partial charge >= 0.3 is 0 Å². The van der Waals surface area contributed by atoms with Crippen molar-refractivity contribution in [1.29, 1.82) is 0 Å². The molecule has 5 heteroatoms. The third-order valence-corrected chi connectivity index (χ3v) is 5.51. The first-order valence-corrected chi connectivity index (χ1v) is 9.23. The Hall–Kier alpha value is -2.69. The molecule has 2 aliphatic carbocycles. The van der Waals surface area contributed by atoms with Crippen molar-refractivity contribution in [3.8, 4) is 0 Å². The van der Waals surface area contributed by atoms with Gasteiger partial charge in [0.15, 0.2) is 5.78 Å². The van der Waals surface area contributed by atoms with Gasteiger partial charge in [0.25, 0.3) is 0 Å². The maximum Gasteiger partial charge on any atom is 0.200 e. The fourth-order valence-electron chi connectivity index (χ4n) is 3.89. The Morgan fingerprint density at radius 1 is 1.30 bits per heavy atom. The van der Waals surface area contributed by atoms with E-state index in [2.05, 4.69) is 5.32 Å². The van der Waals surface area contributed by atoms with Crippen molar-refractivity contribution in [1.82, 2.24) is 5.32 Å². The molecule has 3 nitrogen and oxygen atoms in total. The molecule has 1 aromatic rings. The smallest absolute Gasteiger partial charge is 0.200 e. The molecule has 1 saturated carbocycles. The lowest BCUT2D eigenvalue weighted by molar-refractivity contribution is -0.114. The molecule has 0 radical (unpaired) electrons. The lowest BCUT2D eigenvalue weighted by Gasteiger charge is -2.37. The standard InChI is InChI=1S/C22H21F2NO2/c1-13(26)20-17-9-4-10-19(24)18(17)12-27-22(20)25-21(14-5-2-6-14)15-7-3-8-16(23)11-15/h3-4,7-12,14,17,21,25H,2,5-6H2,1H3/t17?,21-/m0/s1. The number of hydrogen-bond donors (Lipinski definition) is 1. The van der Waals surface area contributed by atoms with Gasteiger partial charge in [0.1, 0.15) is 17.9 Å². The molecule has 3 aliphatic rings. The summed E-state index contributed by atoms with van der Waals surface area (Å²) in [6.45, 7) is 1.45. The molecular weight excluding hydrogens is 348 g/mol. The zero-order valence-electron chi connectivity index (χ0n) is 15.0. The fraction of sp³-hybridized carbons (Fsp3) is 0.318. The van der Waals surface area contributed by atoms with Crippen molar-refractivity contribution in [3.05, 3.63) is 83.0 Å². The molecule has 4 rings (SSSR count). The SMILES string of the molecule is CC(=O)C1=C(N[C@H](c2cccc(F)c2)C2CCC2)OC=C2C(F)=CC=CC21. The molecule has 1 aliphatic heterocycles. The van der Waals surface area contributed by atoms with Crippen LogP contribution in [0.15, 0.2) is 71.6 Å². The quantitative estimate of drug-likeness (QED) is 0.793. The Kier molecular flexibility index (Phi) is 4.68. The summed E-state index contributed by atoms with van der Waals surface area (Å²) in [5, 5.41) is 3.33. The van der Waals surface area contributed by atoms with Crippen LogP contribution in [0.2, 0.25) is 0 Å². The number of allylic oxidation sites excluding steroid dienone is 6. The van der Waals surface area contributed by atoms with Gasteiger partial charge < -0.3 is 10.1 Å². The molecule has 1 heterocycles. The number of ketones is 1. The molecule has 1 unspecified atom stereocenters. The van der Waals surface area contributed by atoms with Crippen molar-refractivity contribution in [2.24, 2.45) is 11.8 Å². The normalized spacial score (nSPS) is 22.9. The minimum atomic E-state index is -0.474. The van der Waals surface area contributed by atoms with E-state index in [1.54, 1.807) is 18.2 Å². The van der Waals surface area contributed by atoms with E-state index in [-0.39, 0.29) is 17.6 Å². The summed E-state index contributed by atoms with van der Waals surface area (Å²) in [5.41, 5.74) is 1.56. The number of halogens is 2. The van der Waals surface area contributed by atoms with Crippen LogP contribution in [0.3, 0.4) is 0 Å². The molecule has 0 aromatic heterocycles. The molecule has 0 amide bonds. The van der Waals surface area contributed by atoms with Crippen molar-refractivity contribution < 1.29 is 18.3 Å². The lowest BCUT2D eigenvalue weighted by Crippen LogP contribution is -2.35. The van der Waals surface area contributed by atoms with Gasteiger partial charge in [0.05, 0.1) is 11.6 Å². The first-order valence-electron chi connectivity index (χ1n) is 9.23. The average molecular weight is 369 g/mol. The second kappa shape index (κ2) is 7.14. The fourth-order valence-corrected chi connectivity index (χ4v) is 3.89. The summed E-state index contributed by atoms with van der Waals surface area (Å²) < 4.78 is 33.6. The number of carbonyl (C=O) groups is 1. The van der Waals surface area contributed by atoms with Gasteiger partial charge in [-0.25, -0.2) is 8.78 Å². The van der Waals surface area contributed by atoms with Crippen LogP contribution >= 0.6 is 0 Å². The Balaban J connectivity index is 1.69. The minimum absolute atomic E-state index is 0.165. The van der Waals surface area contributed by atoms with E-state index < -0.39 is 11.7 Å². The minimum Gasteiger partial charge on any atom is -0.448 e. The third-order valence-electron chi connectivity index (χ3n) is 5.51. The number of rotatable bonds is 5. The van der Waals surface area contributed by atoms with Gasteiger partial charge in [-0.05, 0) is 49.5 Å². The maximum atomic E-state index is 14.1. The number of ether oxygens (including phenoxy) is 1.